The van der Waals surface area contributed by atoms with Gasteiger partial charge in [0.25, 0.3) is 0 Å². The molecule has 1 aliphatic heterocycles. The summed E-state index contributed by atoms with van der Waals surface area (Å²) in [7, 11) is 0. The van der Waals surface area contributed by atoms with Gasteiger partial charge in [0.2, 0.25) is 5.78 Å². The summed E-state index contributed by atoms with van der Waals surface area (Å²) in [6.45, 7) is 0. The van der Waals surface area contributed by atoms with E-state index in [0.717, 1.165) is 10.0 Å². The standard InChI is InChI=1S/C19H9BrCl2O3/c20-11-2-5-17-13(8-11)19(23)18(25-17)9-12-3-6-16(24-12)10-1-4-14(21)15(22)7-10/h1-9H/b18-9-. The Balaban J connectivity index is 1.64. The van der Waals surface area contributed by atoms with Gasteiger partial charge in [0.05, 0.1) is 15.6 Å². The van der Waals surface area contributed by atoms with E-state index in [-0.39, 0.29) is 11.5 Å². The van der Waals surface area contributed by atoms with Crippen molar-refractivity contribution < 1.29 is 13.9 Å². The van der Waals surface area contributed by atoms with Gasteiger partial charge in [-0.1, -0.05) is 39.1 Å². The molecule has 0 fully saturated rings. The van der Waals surface area contributed by atoms with E-state index < -0.39 is 0 Å². The normalized spacial score (nSPS) is 14.7. The lowest BCUT2D eigenvalue weighted by atomic mass is 10.1. The molecular formula is C19H9BrCl2O3. The first kappa shape index (κ1) is 16.5. The average molecular weight is 436 g/mol. The molecule has 0 radical (unpaired) electrons. The quantitative estimate of drug-likeness (QED) is 0.424. The first-order valence-electron chi connectivity index (χ1n) is 7.30. The summed E-state index contributed by atoms with van der Waals surface area (Å²) in [5, 5.41) is 0.930. The van der Waals surface area contributed by atoms with Gasteiger partial charge in [-0.05, 0) is 48.5 Å². The van der Waals surface area contributed by atoms with Crippen molar-refractivity contribution in [3.05, 3.63) is 80.1 Å². The van der Waals surface area contributed by atoms with Crippen molar-refractivity contribution in [1.82, 2.24) is 0 Å². The van der Waals surface area contributed by atoms with Gasteiger partial charge in [0, 0.05) is 16.1 Å². The molecule has 0 atom stereocenters. The molecule has 3 aromatic rings. The predicted molar refractivity (Wildman–Crippen MR) is 101 cm³/mol. The minimum absolute atomic E-state index is 0.177. The Kier molecular flexibility index (Phi) is 4.20. The maximum atomic E-state index is 12.4. The summed E-state index contributed by atoms with van der Waals surface area (Å²) >= 11 is 15.3. The number of hydrogen-bond acceptors (Lipinski definition) is 3. The van der Waals surface area contributed by atoms with E-state index in [1.54, 1.807) is 42.5 Å². The fourth-order valence-corrected chi connectivity index (χ4v) is 3.18. The third-order valence-electron chi connectivity index (χ3n) is 3.73. The molecule has 0 saturated heterocycles. The molecule has 4 rings (SSSR count). The van der Waals surface area contributed by atoms with Gasteiger partial charge in [-0.3, -0.25) is 4.79 Å². The van der Waals surface area contributed by atoms with Gasteiger partial charge in [0.15, 0.2) is 5.76 Å². The lowest BCUT2D eigenvalue weighted by Crippen LogP contribution is -1.97. The summed E-state index contributed by atoms with van der Waals surface area (Å²) in [6.07, 6.45) is 1.58. The lowest BCUT2D eigenvalue weighted by molar-refractivity contribution is 0.101. The van der Waals surface area contributed by atoms with E-state index in [0.29, 0.717) is 32.9 Å². The van der Waals surface area contributed by atoms with Crippen molar-refractivity contribution in [3.63, 3.8) is 0 Å². The third kappa shape index (κ3) is 3.13. The summed E-state index contributed by atoms with van der Waals surface area (Å²) in [4.78, 5) is 12.4. The number of carbonyl (C=O) groups is 1. The molecule has 0 amide bonds. The highest BCUT2D eigenvalue weighted by molar-refractivity contribution is 9.10. The Hall–Kier alpha value is -2.01. The average Bonchev–Trinajstić information content (AvgIpc) is 3.17. The number of carbonyl (C=O) groups excluding carboxylic acids is 1. The molecule has 124 valence electrons. The van der Waals surface area contributed by atoms with Crippen LogP contribution in [-0.4, -0.2) is 5.78 Å². The molecule has 2 aromatic carbocycles. The molecule has 0 bridgehead atoms. The van der Waals surface area contributed by atoms with Gasteiger partial charge in [-0.15, -0.1) is 0 Å². The van der Waals surface area contributed by atoms with E-state index in [2.05, 4.69) is 15.9 Å². The van der Waals surface area contributed by atoms with Gasteiger partial charge in [0.1, 0.15) is 17.3 Å². The number of hydrogen-bond donors (Lipinski definition) is 0. The number of rotatable bonds is 2. The van der Waals surface area contributed by atoms with Crippen molar-refractivity contribution >= 4 is 51.0 Å². The molecule has 0 aliphatic carbocycles. The summed E-state index contributed by atoms with van der Waals surface area (Å²) in [5.74, 6) is 1.72. The van der Waals surface area contributed by atoms with E-state index >= 15 is 0 Å². The smallest absolute Gasteiger partial charge is 0.232 e. The topological polar surface area (TPSA) is 39.4 Å². The summed E-state index contributed by atoms with van der Waals surface area (Å²) < 4.78 is 12.2. The molecular weight excluding hydrogens is 427 g/mol. The zero-order valence-electron chi connectivity index (χ0n) is 12.6. The van der Waals surface area contributed by atoms with Crippen LogP contribution in [-0.2, 0) is 0 Å². The molecule has 3 nitrogen and oxygen atoms in total. The Morgan fingerprint density at radius 1 is 0.960 bits per heavy atom. The summed E-state index contributed by atoms with van der Waals surface area (Å²) in [5.41, 5.74) is 1.32. The molecule has 2 heterocycles. The minimum atomic E-state index is -0.177. The van der Waals surface area contributed by atoms with Crippen molar-refractivity contribution in [2.75, 3.05) is 0 Å². The zero-order valence-corrected chi connectivity index (χ0v) is 15.7. The van der Waals surface area contributed by atoms with Gasteiger partial charge in [-0.2, -0.15) is 0 Å². The first-order valence-corrected chi connectivity index (χ1v) is 8.85. The predicted octanol–water partition coefficient (Wildman–Crippen LogP) is 6.63. The molecule has 0 saturated carbocycles. The number of fused-ring (bicyclic) bond motifs is 1. The second-order valence-electron chi connectivity index (χ2n) is 5.41. The van der Waals surface area contributed by atoms with E-state index in [1.807, 2.05) is 12.1 Å². The Labute approximate surface area is 161 Å². The second kappa shape index (κ2) is 6.37. The SMILES string of the molecule is O=C1/C(=C/c2ccc(-c3ccc(Cl)c(Cl)c3)o2)Oc2ccc(Br)cc21. The Bertz CT molecular complexity index is 1040. The van der Waals surface area contributed by atoms with Crippen molar-refractivity contribution in [3.8, 4) is 17.1 Å². The maximum Gasteiger partial charge on any atom is 0.232 e. The highest BCUT2D eigenvalue weighted by Crippen LogP contribution is 2.35. The van der Waals surface area contributed by atoms with Crippen LogP contribution in [0.15, 0.2) is 63.2 Å². The van der Waals surface area contributed by atoms with Crippen LogP contribution in [0, 0.1) is 0 Å². The number of furan rings is 1. The molecule has 1 aliphatic rings. The second-order valence-corrected chi connectivity index (χ2v) is 7.14. The molecule has 1 aromatic heterocycles. The maximum absolute atomic E-state index is 12.4. The van der Waals surface area contributed by atoms with Crippen LogP contribution in [0.3, 0.4) is 0 Å². The van der Waals surface area contributed by atoms with Crippen LogP contribution in [0.1, 0.15) is 16.1 Å². The molecule has 0 unspecified atom stereocenters. The highest BCUT2D eigenvalue weighted by atomic mass is 79.9. The lowest BCUT2D eigenvalue weighted by Gasteiger charge is -2.00. The molecule has 0 N–H and O–H groups in total. The number of halogens is 3. The van der Waals surface area contributed by atoms with E-state index in [9.17, 15) is 4.79 Å². The van der Waals surface area contributed by atoms with Crippen molar-refractivity contribution in [2.24, 2.45) is 0 Å². The van der Waals surface area contributed by atoms with Gasteiger partial charge in [-0.25, -0.2) is 0 Å². The highest BCUT2D eigenvalue weighted by Gasteiger charge is 2.27. The number of ketones is 1. The first-order chi connectivity index (χ1) is 12.0. The van der Waals surface area contributed by atoms with Crippen LogP contribution in [0.5, 0.6) is 5.75 Å². The fraction of sp³-hybridized carbons (Fsp3) is 0. The van der Waals surface area contributed by atoms with Crippen molar-refractivity contribution in [1.29, 1.82) is 0 Å². The van der Waals surface area contributed by atoms with E-state index in [1.165, 1.54) is 0 Å². The number of ether oxygens (including phenoxy) is 1. The van der Waals surface area contributed by atoms with E-state index in [4.69, 9.17) is 32.4 Å². The van der Waals surface area contributed by atoms with Gasteiger partial charge >= 0.3 is 0 Å². The molecule has 6 heteroatoms. The van der Waals surface area contributed by atoms with Crippen LogP contribution in [0.4, 0.5) is 0 Å². The minimum Gasteiger partial charge on any atom is -0.457 e. The molecule has 0 spiro atoms. The largest absolute Gasteiger partial charge is 0.457 e. The fourth-order valence-electron chi connectivity index (χ4n) is 2.53. The van der Waals surface area contributed by atoms with Crippen molar-refractivity contribution in [2.45, 2.75) is 0 Å². The Morgan fingerprint density at radius 3 is 2.60 bits per heavy atom. The van der Waals surface area contributed by atoms with Crippen LogP contribution < -0.4 is 4.74 Å². The van der Waals surface area contributed by atoms with Crippen LogP contribution in [0.25, 0.3) is 17.4 Å². The number of allylic oxidation sites excluding steroid dienone is 1. The third-order valence-corrected chi connectivity index (χ3v) is 4.97. The zero-order chi connectivity index (χ0) is 17.6. The number of Topliss-reactive ketones (excluding diaryl/α,β-unsaturated/α-hetero) is 1. The number of benzene rings is 2. The van der Waals surface area contributed by atoms with Crippen LogP contribution in [0.2, 0.25) is 10.0 Å². The van der Waals surface area contributed by atoms with Crippen LogP contribution >= 0.6 is 39.1 Å². The monoisotopic (exact) mass is 434 g/mol. The summed E-state index contributed by atoms with van der Waals surface area (Å²) in [6, 6.07) is 14.1. The Morgan fingerprint density at radius 2 is 1.80 bits per heavy atom. The molecule has 25 heavy (non-hydrogen) atoms. The van der Waals surface area contributed by atoms with Gasteiger partial charge < -0.3 is 9.15 Å².